The van der Waals surface area contributed by atoms with E-state index in [4.69, 9.17) is 20.1 Å². The Morgan fingerprint density at radius 2 is 1.91 bits per heavy atom. The fourth-order valence-electron chi connectivity index (χ4n) is 2.83. The van der Waals surface area contributed by atoms with Crippen LogP contribution in [0.5, 0.6) is 0 Å². The molecule has 0 aliphatic carbocycles. The lowest BCUT2D eigenvalue weighted by Crippen LogP contribution is -2.41. The molecule has 5 atom stereocenters. The van der Waals surface area contributed by atoms with Gasteiger partial charge in [-0.15, -0.1) is 0 Å². The number of H-pyrrole nitrogens is 1. The van der Waals surface area contributed by atoms with Crippen LogP contribution in [0.25, 0.3) is 10.4 Å². The molecule has 0 amide bonds. The number of azide groups is 1. The monoisotopic (exact) mass is 537 g/mol. The van der Waals surface area contributed by atoms with Crippen LogP contribution in [0.4, 0.5) is 0 Å². The molecule has 1 saturated heterocycles. The van der Waals surface area contributed by atoms with Crippen molar-refractivity contribution in [2.75, 3.05) is 13.2 Å². The molecule has 1 aliphatic heterocycles. The van der Waals surface area contributed by atoms with Gasteiger partial charge in [0.2, 0.25) is 0 Å². The highest BCUT2D eigenvalue weighted by molar-refractivity contribution is 7.66. The van der Waals surface area contributed by atoms with Crippen molar-refractivity contribution in [3.63, 3.8) is 0 Å². The molecule has 33 heavy (non-hydrogen) atoms. The molecule has 0 radical (unpaired) electrons. The van der Waals surface area contributed by atoms with Crippen molar-refractivity contribution in [1.82, 2.24) is 9.55 Å². The van der Waals surface area contributed by atoms with E-state index in [2.05, 4.69) is 23.2 Å². The summed E-state index contributed by atoms with van der Waals surface area (Å²) < 4.78 is 52.0. The third kappa shape index (κ3) is 8.24. The predicted molar refractivity (Wildman–Crippen MR) is 103 cm³/mol. The van der Waals surface area contributed by atoms with E-state index in [0.717, 1.165) is 16.8 Å². The Morgan fingerprint density at radius 1 is 1.24 bits per heavy atom. The van der Waals surface area contributed by atoms with Crippen molar-refractivity contribution in [1.29, 1.82) is 0 Å². The molecule has 186 valence electrons. The summed E-state index contributed by atoms with van der Waals surface area (Å²) in [6.45, 7) is -1.28. The number of aliphatic hydroxyl groups is 1. The van der Waals surface area contributed by atoms with E-state index in [9.17, 15) is 38.2 Å². The Kier molecular flexibility index (Phi) is 8.60. The standard InChI is InChI=1S/C11H18N5O14P3/c12-15-13-3-2-11(19)5-9(16-4-1-8(17)14-10(16)18)28-7(11)6-27-32(23,24)30-33(25,26)29-31(20,21)22/h1,4,7,9,19H,2-3,5-6H2,(H,23,24)(H,25,26)(H,14,17,18)(H2,20,21,22)/t7-,9-,11+/m1/s1. The summed E-state index contributed by atoms with van der Waals surface area (Å²) in [6, 6.07) is 0.989. The molecule has 2 heterocycles. The van der Waals surface area contributed by atoms with Crippen molar-refractivity contribution >= 4 is 23.5 Å². The number of phosphoric ester groups is 1. The first-order valence-corrected chi connectivity index (χ1v) is 13.1. The van der Waals surface area contributed by atoms with Crippen LogP contribution in [0.1, 0.15) is 19.1 Å². The first-order valence-electron chi connectivity index (χ1n) is 8.54. The third-order valence-corrected chi connectivity index (χ3v) is 7.93. The summed E-state index contributed by atoms with van der Waals surface area (Å²) >= 11 is 0. The minimum Gasteiger partial charge on any atom is -0.387 e. The molecule has 1 fully saturated rings. The Morgan fingerprint density at radius 3 is 2.48 bits per heavy atom. The number of nitrogens with one attached hydrogen (secondary N) is 1. The Hall–Kier alpha value is -1.68. The van der Waals surface area contributed by atoms with Gasteiger partial charge < -0.3 is 29.4 Å². The van der Waals surface area contributed by atoms with Gasteiger partial charge in [0, 0.05) is 30.1 Å². The topological polar surface area (TPSA) is 293 Å². The molecule has 19 nitrogen and oxygen atoms in total. The second-order valence-corrected chi connectivity index (χ2v) is 10.9. The second-order valence-electron chi connectivity index (χ2n) is 6.50. The number of aromatic nitrogens is 2. The van der Waals surface area contributed by atoms with Gasteiger partial charge in [0.25, 0.3) is 5.56 Å². The van der Waals surface area contributed by atoms with Crippen molar-refractivity contribution < 1.29 is 56.3 Å². The summed E-state index contributed by atoms with van der Waals surface area (Å²) in [6.07, 6.45) is -2.30. The van der Waals surface area contributed by atoms with Crippen LogP contribution in [0, 0.1) is 0 Å². The van der Waals surface area contributed by atoms with Crippen LogP contribution in [0.15, 0.2) is 27.0 Å². The lowest BCUT2D eigenvalue weighted by molar-refractivity contribution is -0.0829. The SMILES string of the molecule is [N-]=[N+]=NCC[C@]1(O)C[C@H](n2ccc(=O)[nH]c2=O)O[C@@H]1COP(=O)(O)OP(=O)(O)OP(=O)(O)O. The maximum atomic E-state index is 12.0. The van der Waals surface area contributed by atoms with E-state index in [1.165, 1.54) is 0 Å². The van der Waals surface area contributed by atoms with Crippen LogP contribution in [0.2, 0.25) is 0 Å². The van der Waals surface area contributed by atoms with Gasteiger partial charge in [-0.05, 0) is 12.0 Å². The minimum atomic E-state index is -5.76. The molecule has 0 spiro atoms. The average Bonchev–Trinajstić information content (AvgIpc) is 2.93. The Labute approximate surface area is 182 Å². The van der Waals surface area contributed by atoms with Gasteiger partial charge in [-0.25, -0.2) is 18.5 Å². The highest BCUT2D eigenvalue weighted by Crippen LogP contribution is 2.66. The molecule has 0 saturated carbocycles. The van der Waals surface area contributed by atoms with Gasteiger partial charge in [-0.2, -0.15) is 8.62 Å². The third-order valence-electron chi connectivity index (χ3n) is 4.12. The number of phosphoric acid groups is 3. The van der Waals surface area contributed by atoms with Crippen molar-refractivity contribution in [2.45, 2.75) is 30.8 Å². The molecular formula is C11H18N5O14P3. The maximum Gasteiger partial charge on any atom is 0.490 e. The number of hydrogen-bond acceptors (Lipinski definition) is 11. The molecule has 0 aromatic carbocycles. The van der Waals surface area contributed by atoms with Crippen LogP contribution < -0.4 is 11.2 Å². The largest absolute Gasteiger partial charge is 0.490 e. The van der Waals surface area contributed by atoms with E-state index < -0.39 is 59.3 Å². The number of rotatable bonds is 11. The zero-order chi connectivity index (χ0) is 25.1. The van der Waals surface area contributed by atoms with Crippen molar-refractivity contribution in [2.24, 2.45) is 5.11 Å². The van der Waals surface area contributed by atoms with E-state index in [1.54, 1.807) is 0 Å². The Balaban J connectivity index is 2.20. The zero-order valence-electron chi connectivity index (χ0n) is 16.2. The molecule has 1 aromatic rings. The van der Waals surface area contributed by atoms with E-state index in [1.807, 2.05) is 4.98 Å². The van der Waals surface area contributed by atoms with Crippen LogP contribution in [-0.2, 0) is 31.6 Å². The van der Waals surface area contributed by atoms with Gasteiger partial charge in [0.05, 0.1) is 12.2 Å². The smallest absolute Gasteiger partial charge is 0.387 e. The average molecular weight is 537 g/mol. The minimum absolute atomic E-state index is 0.268. The second kappa shape index (κ2) is 10.3. The highest BCUT2D eigenvalue weighted by Gasteiger charge is 2.49. The van der Waals surface area contributed by atoms with Crippen LogP contribution >= 0.6 is 23.5 Å². The van der Waals surface area contributed by atoms with Crippen molar-refractivity contribution in [3.05, 3.63) is 43.5 Å². The molecule has 22 heteroatoms. The first-order chi connectivity index (χ1) is 15.1. The Bertz CT molecular complexity index is 1170. The van der Waals surface area contributed by atoms with E-state index >= 15 is 0 Å². The normalized spacial score (nSPS) is 26.8. The van der Waals surface area contributed by atoms with E-state index in [-0.39, 0.29) is 19.4 Å². The fourth-order valence-corrected chi connectivity index (χ4v) is 5.85. The molecular weight excluding hydrogens is 519 g/mol. The molecule has 2 rings (SSSR count). The summed E-state index contributed by atoms with van der Waals surface area (Å²) in [4.78, 5) is 63.5. The van der Waals surface area contributed by atoms with Gasteiger partial charge in [-0.3, -0.25) is 18.9 Å². The van der Waals surface area contributed by atoms with Crippen LogP contribution in [-0.4, -0.2) is 59.1 Å². The summed E-state index contributed by atoms with van der Waals surface area (Å²) in [5.74, 6) is 0. The van der Waals surface area contributed by atoms with Gasteiger partial charge in [-0.1, -0.05) is 5.11 Å². The number of hydrogen-bond donors (Lipinski definition) is 6. The summed E-state index contributed by atoms with van der Waals surface area (Å²) in [5.41, 5.74) is 4.87. The maximum absolute atomic E-state index is 12.0. The fraction of sp³-hybridized carbons (Fsp3) is 0.636. The first kappa shape index (κ1) is 27.6. The molecule has 2 unspecified atom stereocenters. The van der Waals surface area contributed by atoms with Gasteiger partial charge in [0.1, 0.15) is 12.3 Å². The van der Waals surface area contributed by atoms with E-state index in [0.29, 0.717) is 0 Å². The van der Waals surface area contributed by atoms with Gasteiger partial charge >= 0.3 is 29.2 Å². The van der Waals surface area contributed by atoms with Crippen molar-refractivity contribution in [3.8, 4) is 0 Å². The lowest BCUT2D eigenvalue weighted by atomic mass is 9.91. The molecule has 1 aliphatic rings. The lowest BCUT2D eigenvalue weighted by Gasteiger charge is -2.27. The number of ether oxygens (including phenoxy) is 1. The van der Waals surface area contributed by atoms with Crippen LogP contribution in [0.3, 0.4) is 0 Å². The highest BCUT2D eigenvalue weighted by atomic mass is 31.3. The molecule has 0 bridgehead atoms. The molecule has 6 N–H and O–H groups in total. The zero-order valence-corrected chi connectivity index (χ0v) is 18.9. The quantitative estimate of drug-likeness (QED) is 0.0906. The number of nitrogens with zero attached hydrogens (tertiary/aromatic N) is 4. The van der Waals surface area contributed by atoms with Gasteiger partial charge in [0.15, 0.2) is 0 Å². The predicted octanol–water partition coefficient (Wildman–Crippen LogP) is -0.401. The molecule has 1 aromatic heterocycles. The summed E-state index contributed by atoms with van der Waals surface area (Å²) in [5, 5.41) is 14.2. The number of aromatic amines is 1. The summed E-state index contributed by atoms with van der Waals surface area (Å²) in [7, 11) is -16.9.